The monoisotopic (exact) mass is 816 g/mol. The van der Waals surface area contributed by atoms with Crippen molar-refractivity contribution in [1.29, 1.82) is 0 Å². The molecule has 0 aliphatic heterocycles. The number of imidazole rings is 1. The van der Waals surface area contributed by atoms with Gasteiger partial charge < -0.3 is 29.4 Å². The van der Waals surface area contributed by atoms with Crippen LogP contribution in [0.5, 0.6) is 5.75 Å². The number of terminal acetylenes is 1. The van der Waals surface area contributed by atoms with Gasteiger partial charge in [0.15, 0.2) is 17.1 Å². The summed E-state index contributed by atoms with van der Waals surface area (Å²) in [6, 6.07) is 7.21. The van der Waals surface area contributed by atoms with Crippen LogP contribution in [0.25, 0.3) is 11.2 Å². The third-order valence-corrected chi connectivity index (χ3v) is 11.8. The highest BCUT2D eigenvalue weighted by atomic mass is 31.2. The Morgan fingerprint density at radius 2 is 1.53 bits per heavy atom. The van der Waals surface area contributed by atoms with E-state index in [4.69, 9.17) is 30.7 Å². The van der Waals surface area contributed by atoms with Crippen LogP contribution in [-0.2, 0) is 29.9 Å². The molecular weight excluding hydrogens is 750 g/mol. The highest BCUT2D eigenvalue weighted by Crippen LogP contribution is 2.46. The van der Waals surface area contributed by atoms with Gasteiger partial charge in [0.05, 0.1) is 12.9 Å². The molecule has 3 rings (SSSR count). The first kappa shape index (κ1) is 47.8. The van der Waals surface area contributed by atoms with Crippen molar-refractivity contribution in [1.82, 2.24) is 24.6 Å². The van der Waals surface area contributed by atoms with Crippen LogP contribution >= 0.6 is 7.75 Å². The molecule has 2 aromatic heterocycles. The quantitative estimate of drug-likeness (QED) is 0.0185. The minimum Gasteiger partial charge on any atom is -0.461 e. The zero-order chi connectivity index (χ0) is 41.5. The number of aliphatic hydroxyl groups is 1. The first-order chi connectivity index (χ1) is 27.5. The van der Waals surface area contributed by atoms with Crippen molar-refractivity contribution in [3.8, 4) is 18.1 Å². The highest BCUT2D eigenvalue weighted by Gasteiger charge is 2.42. The summed E-state index contributed by atoms with van der Waals surface area (Å²) in [5, 5.41) is 14.1. The second kappa shape index (κ2) is 25.7. The van der Waals surface area contributed by atoms with Crippen molar-refractivity contribution in [3.05, 3.63) is 42.7 Å². The minimum absolute atomic E-state index is 0.0252. The fraction of sp³-hybridized carbons (Fsp3) is 0.667. The predicted molar refractivity (Wildman–Crippen MR) is 222 cm³/mol. The highest BCUT2D eigenvalue weighted by molar-refractivity contribution is 7.52. The number of methoxy groups -OCH3 is 1. The molecule has 0 fully saturated rings. The topological polar surface area (TPSA) is 173 Å². The number of ether oxygens (including phenoxy) is 2. The Balaban J connectivity index is 1.70. The molecule has 0 aliphatic carbocycles. The van der Waals surface area contributed by atoms with Gasteiger partial charge in [0.2, 0.25) is 0 Å². The molecular formula is C42H66FN6O7P. The number of halogens is 1. The minimum atomic E-state index is -4.41. The van der Waals surface area contributed by atoms with Gasteiger partial charge in [-0.2, -0.15) is 19.4 Å². The third-order valence-electron chi connectivity index (χ3n) is 10.1. The van der Waals surface area contributed by atoms with Crippen LogP contribution in [0.15, 0.2) is 36.7 Å². The lowest BCUT2D eigenvalue weighted by Gasteiger charge is -2.33. The van der Waals surface area contributed by atoms with Gasteiger partial charge in [-0.25, -0.2) is 9.55 Å². The summed E-state index contributed by atoms with van der Waals surface area (Å²) in [6.45, 7) is 5.04. The maximum atomic E-state index is 14.5. The molecule has 0 saturated carbocycles. The van der Waals surface area contributed by atoms with Crippen molar-refractivity contribution >= 4 is 30.7 Å². The number of anilines is 1. The van der Waals surface area contributed by atoms with E-state index in [9.17, 15) is 18.9 Å². The summed E-state index contributed by atoms with van der Waals surface area (Å²) < 4.78 is 53.2. The normalized spacial score (nSPS) is 14.8. The van der Waals surface area contributed by atoms with Crippen molar-refractivity contribution in [3.63, 3.8) is 0 Å². The molecule has 15 heteroatoms. The molecule has 318 valence electrons. The first-order valence-electron chi connectivity index (χ1n) is 20.8. The second-order valence-corrected chi connectivity index (χ2v) is 16.5. The number of para-hydroxylation sites is 1. The summed E-state index contributed by atoms with van der Waals surface area (Å²) in [4.78, 5) is 25.0. The van der Waals surface area contributed by atoms with Gasteiger partial charge in [-0.05, 0) is 44.7 Å². The fourth-order valence-corrected chi connectivity index (χ4v) is 8.14. The van der Waals surface area contributed by atoms with Crippen LogP contribution in [0.3, 0.4) is 0 Å². The van der Waals surface area contributed by atoms with Crippen LogP contribution in [-0.4, -0.2) is 68.2 Å². The van der Waals surface area contributed by atoms with Crippen LogP contribution in [0.4, 0.5) is 10.2 Å². The summed E-state index contributed by atoms with van der Waals surface area (Å²) in [6.07, 6.45) is 24.7. The molecule has 57 heavy (non-hydrogen) atoms. The summed E-state index contributed by atoms with van der Waals surface area (Å²) in [5.41, 5.74) is 4.05. The number of unbranched alkanes of at least 4 members (excludes halogenated alkanes) is 14. The van der Waals surface area contributed by atoms with Crippen molar-refractivity contribution in [2.75, 3.05) is 19.5 Å². The summed E-state index contributed by atoms with van der Waals surface area (Å²) in [7, 11) is -3.15. The number of fused-ring (bicyclic) bond motifs is 1. The molecule has 4 atom stereocenters. The molecule has 1 aromatic carbocycles. The Labute approximate surface area is 339 Å². The van der Waals surface area contributed by atoms with E-state index in [1.807, 2.05) is 0 Å². The van der Waals surface area contributed by atoms with Crippen LogP contribution in [0, 0.1) is 18.4 Å². The molecule has 4 N–H and O–H groups in total. The second-order valence-electron chi connectivity index (χ2n) is 14.8. The summed E-state index contributed by atoms with van der Waals surface area (Å²) in [5.74, 6) is 1.85. The van der Waals surface area contributed by atoms with E-state index < -0.39 is 44.1 Å². The average Bonchev–Trinajstić information content (AvgIpc) is 3.59. The van der Waals surface area contributed by atoms with Crippen molar-refractivity contribution in [2.45, 2.75) is 167 Å². The molecule has 0 amide bonds. The largest absolute Gasteiger partial charge is 0.461 e. The number of carbonyl (C=O) groups is 1. The number of rotatable bonds is 31. The van der Waals surface area contributed by atoms with Crippen molar-refractivity contribution < 1.29 is 37.4 Å². The smallest absolute Gasteiger partial charge is 0.459 e. The molecule has 0 saturated heterocycles. The Kier molecular flexibility index (Phi) is 21.5. The predicted octanol–water partition coefficient (Wildman–Crippen LogP) is 9.08. The maximum Gasteiger partial charge on any atom is 0.459 e. The van der Waals surface area contributed by atoms with E-state index in [0.29, 0.717) is 0 Å². The SMILES string of the molecule is C#CC(COP(=O)(N[C@@H](C)C(=O)OC(CCCCCCCCCC)CCCCCCCCCC)Oc1ccccc1)(OC)[C@@H](O)Cn1cnc2c(N)nc(F)nc21. The Morgan fingerprint density at radius 3 is 2.07 bits per heavy atom. The van der Waals surface area contributed by atoms with Gasteiger partial charge in [-0.15, -0.1) is 6.42 Å². The van der Waals surface area contributed by atoms with E-state index in [1.165, 1.54) is 89.1 Å². The van der Waals surface area contributed by atoms with Gasteiger partial charge in [0.1, 0.15) is 36.1 Å². The lowest BCUT2D eigenvalue weighted by atomic mass is 9.98. The van der Waals surface area contributed by atoms with E-state index >= 15 is 0 Å². The Morgan fingerprint density at radius 1 is 0.965 bits per heavy atom. The number of hydrogen-bond acceptors (Lipinski definition) is 11. The molecule has 13 nitrogen and oxygen atoms in total. The van der Waals surface area contributed by atoms with Gasteiger partial charge in [-0.3, -0.25) is 9.32 Å². The molecule has 0 aliphatic rings. The van der Waals surface area contributed by atoms with Crippen LogP contribution in [0.2, 0.25) is 0 Å². The molecule has 0 spiro atoms. The number of carbonyl (C=O) groups excluding carboxylic acids is 1. The third kappa shape index (κ3) is 16.3. The molecule has 0 radical (unpaired) electrons. The van der Waals surface area contributed by atoms with Gasteiger partial charge in [0.25, 0.3) is 0 Å². The van der Waals surface area contributed by atoms with Crippen LogP contribution in [0.1, 0.15) is 136 Å². The fourth-order valence-electron chi connectivity index (χ4n) is 6.61. The Hall–Kier alpha value is -3.60. The number of aliphatic hydroxyl groups excluding tert-OH is 1. The number of hydrogen-bond donors (Lipinski definition) is 3. The molecule has 2 unspecified atom stereocenters. The van der Waals surface area contributed by atoms with Gasteiger partial charge in [-0.1, -0.05) is 128 Å². The molecule has 3 aromatic rings. The van der Waals surface area contributed by atoms with Crippen LogP contribution < -0.4 is 15.3 Å². The number of aromatic nitrogens is 4. The maximum absolute atomic E-state index is 14.5. The van der Waals surface area contributed by atoms with E-state index in [2.05, 4.69) is 39.8 Å². The molecule has 0 bridgehead atoms. The van der Waals surface area contributed by atoms with E-state index in [-0.39, 0.29) is 35.4 Å². The molecule has 2 heterocycles. The zero-order valence-corrected chi connectivity index (χ0v) is 35.4. The number of benzene rings is 1. The number of nitrogens with zero attached hydrogens (tertiary/aromatic N) is 4. The number of nitrogen functional groups attached to an aromatic ring is 1. The standard InChI is InChI=1S/C42H66FN6O7P/c1-6-9-11-13-15-17-19-22-26-34(27-23-20-18-16-14-12-10-7-2)55-40(51)33(4)48-57(52,56-35-28-24-21-25-29-35)54-31-42(8-3,53-5)36(50)30-49-32-45-37-38(44)46-41(43)47-39(37)49/h3,21,24-25,28-29,32-34,36,50H,6-7,9-20,22-23,26-27,30-31H2,1-2,4-5H3,(H,48,52)(H2,44,46,47)/t33-,36-,42?,57?/m0/s1. The average molecular weight is 817 g/mol. The first-order valence-corrected chi connectivity index (χ1v) is 22.4. The zero-order valence-electron chi connectivity index (χ0n) is 34.5. The van der Waals surface area contributed by atoms with E-state index in [0.717, 1.165) is 51.4 Å². The van der Waals surface area contributed by atoms with Gasteiger partial charge >= 0.3 is 19.8 Å². The summed E-state index contributed by atoms with van der Waals surface area (Å²) >= 11 is 0. The van der Waals surface area contributed by atoms with Gasteiger partial charge in [0, 0.05) is 7.11 Å². The lowest BCUT2D eigenvalue weighted by Crippen LogP contribution is -2.49. The van der Waals surface area contributed by atoms with E-state index in [1.54, 1.807) is 30.3 Å². The number of nitrogens with one attached hydrogen (secondary N) is 1. The number of esters is 1. The lowest BCUT2D eigenvalue weighted by molar-refractivity contribution is -0.151. The van der Waals surface area contributed by atoms with Crippen molar-refractivity contribution in [2.24, 2.45) is 0 Å². The number of nitrogens with two attached hydrogens (primary N) is 1. The Bertz CT molecular complexity index is 1670.